The van der Waals surface area contributed by atoms with E-state index in [1.54, 1.807) is 6.07 Å². The van der Waals surface area contributed by atoms with Crippen molar-refractivity contribution in [2.45, 2.75) is 4.90 Å². The van der Waals surface area contributed by atoms with Crippen LogP contribution in [0.4, 0.5) is 0 Å². The van der Waals surface area contributed by atoms with Crippen LogP contribution in [0.25, 0.3) is 10.4 Å². The van der Waals surface area contributed by atoms with Crippen LogP contribution in [0.15, 0.2) is 27.9 Å². The maximum absolute atomic E-state index is 11.1. The van der Waals surface area contributed by atoms with Gasteiger partial charge in [0.25, 0.3) is 10.0 Å². The monoisotopic (exact) mass is 209 g/mol. The normalized spacial score (nSPS) is 9.93. The van der Waals surface area contributed by atoms with Gasteiger partial charge in [0.15, 0.2) is 0 Å². The van der Waals surface area contributed by atoms with Gasteiger partial charge in [-0.3, -0.25) is 4.98 Å². The first-order chi connectivity index (χ1) is 6.60. The molecule has 1 aromatic heterocycles. The zero-order valence-electron chi connectivity index (χ0n) is 6.69. The molecule has 0 atom stereocenters. The molecule has 14 heavy (non-hydrogen) atoms. The Hall–Kier alpha value is -2.10. The third-order valence-electron chi connectivity index (χ3n) is 1.28. The second-order valence-corrected chi connectivity index (χ2v) is 3.75. The van der Waals surface area contributed by atoms with Gasteiger partial charge in [0, 0.05) is 21.8 Å². The second-order valence-electron chi connectivity index (χ2n) is 2.17. The predicted molar refractivity (Wildman–Crippen MR) is 45.3 cm³/mol. The van der Waals surface area contributed by atoms with Gasteiger partial charge >= 0.3 is 0 Å². The summed E-state index contributed by atoms with van der Waals surface area (Å²) in [6.07, 6.45) is 2.21. The Morgan fingerprint density at radius 1 is 1.57 bits per heavy atom. The fourth-order valence-corrected chi connectivity index (χ4v) is 1.38. The van der Waals surface area contributed by atoms with Gasteiger partial charge in [0.2, 0.25) is 0 Å². The van der Waals surface area contributed by atoms with Crippen LogP contribution in [0.1, 0.15) is 5.56 Å². The summed E-state index contributed by atoms with van der Waals surface area (Å²) in [5, 5.41) is 8.47. The third kappa shape index (κ3) is 1.98. The van der Waals surface area contributed by atoms with E-state index >= 15 is 0 Å². The van der Waals surface area contributed by atoms with Crippen molar-refractivity contribution in [2.75, 3.05) is 0 Å². The Bertz CT molecular complexity index is 538. The molecular weight excluding hydrogens is 206 g/mol. The molecule has 70 valence electrons. The molecule has 7 nitrogen and oxygen atoms in total. The Morgan fingerprint density at radius 3 is 2.86 bits per heavy atom. The van der Waals surface area contributed by atoms with Gasteiger partial charge in [0.1, 0.15) is 6.07 Å². The number of sulfonamides is 1. The number of nitrogens with zero attached hydrogens (tertiary/aromatic N) is 5. The summed E-state index contributed by atoms with van der Waals surface area (Å²) in [5.41, 5.74) is 8.07. The van der Waals surface area contributed by atoms with Crippen molar-refractivity contribution in [2.24, 2.45) is 4.52 Å². The molecule has 0 saturated heterocycles. The van der Waals surface area contributed by atoms with Crippen molar-refractivity contribution in [1.82, 2.24) is 4.98 Å². The third-order valence-corrected chi connectivity index (χ3v) is 2.39. The highest BCUT2D eigenvalue weighted by atomic mass is 32.2. The first kappa shape index (κ1) is 9.98. The zero-order chi connectivity index (χ0) is 10.6. The summed E-state index contributed by atoms with van der Waals surface area (Å²) in [5.74, 6) is 0. The number of aromatic nitrogens is 1. The number of rotatable bonds is 2. The minimum atomic E-state index is -4.05. The molecule has 0 fully saturated rings. The molecular formula is C6H3N5O2S. The van der Waals surface area contributed by atoms with Crippen LogP contribution in [0, 0.1) is 11.3 Å². The standard InChI is InChI=1S/C6H3N5O2S/c7-2-5-1-6(4-9-3-5)14(12,13)11-10-8/h1,3-4H. The largest absolute Gasteiger partial charge is 0.265 e. The van der Waals surface area contributed by atoms with Crippen LogP contribution in [-0.4, -0.2) is 13.4 Å². The van der Waals surface area contributed by atoms with Crippen molar-refractivity contribution in [3.05, 3.63) is 34.5 Å². The quantitative estimate of drug-likeness (QED) is 0.409. The lowest BCUT2D eigenvalue weighted by molar-refractivity contribution is 0.597. The van der Waals surface area contributed by atoms with Crippen molar-refractivity contribution in [1.29, 1.82) is 5.26 Å². The van der Waals surface area contributed by atoms with E-state index < -0.39 is 10.0 Å². The van der Waals surface area contributed by atoms with E-state index in [0.29, 0.717) is 0 Å². The molecule has 0 bridgehead atoms. The highest BCUT2D eigenvalue weighted by Crippen LogP contribution is 2.11. The van der Waals surface area contributed by atoms with Crippen LogP contribution in [-0.2, 0) is 10.0 Å². The SMILES string of the molecule is N#Cc1cncc(S(=O)(=O)N=[N+]=[N-])c1. The number of nitriles is 1. The summed E-state index contributed by atoms with van der Waals surface area (Å²) < 4.78 is 24.9. The van der Waals surface area contributed by atoms with Crippen LogP contribution in [0.3, 0.4) is 0 Å². The maximum atomic E-state index is 11.1. The summed E-state index contributed by atoms with van der Waals surface area (Å²) in [6.45, 7) is 0. The summed E-state index contributed by atoms with van der Waals surface area (Å²) >= 11 is 0. The topological polar surface area (TPSA) is 120 Å². The minimum Gasteiger partial charge on any atom is -0.262 e. The molecule has 8 heteroatoms. The van der Waals surface area contributed by atoms with Crippen molar-refractivity contribution in [3.8, 4) is 6.07 Å². The lowest BCUT2D eigenvalue weighted by Gasteiger charge is -1.95. The van der Waals surface area contributed by atoms with E-state index in [0.717, 1.165) is 12.3 Å². The Morgan fingerprint density at radius 2 is 2.29 bits per heavy atom. The molecule has 0 radical (unpaired) electrons. The fraction of sp³-hybridized carbons (Fsp3) is 0. The van der Waals surface area contributed by atoms with E-state index in [2.05, 4.69) is 14.4 Å². The molecule has 0 unspecified atom stereocenters. The van der Waals surface area contributed by atoms with Gasteiger partial charge in [-0.15, -0.1) is 0 Å². The minimum absolute atomic E-state index is 0.0826. The van der Waals surface area contributed by atoms with Gasteiger partial charge in [-0.2, -0.15) is 5.26 Å². The Kier molecular flexibility index (Phi) is 2.67. The molecule has 1 aromatic rings. The molecule has 1 rings (SSSR count). The molecule has 0 amide bonds. The van der Waals surface area contributed by atoms with Gasteiger partial charge in [0.05, 0.1) is 10.5 Å². The van der Waals surface area contributed by atoms with Crippen LogP contribution < -0.4 is 0 Å². The van der Waals surface area contributed by atoms with E-state index in [9.17, 15) is 8.42 Å². The van der Waals surface area contributed by atoms with E-state index in [4.69, 9.17) is 10.8 Å². The molecule has 0 spiro atoms. The van der Waals surface area contributed by atoms with Crippen molar-refractivity contribution in [3.63, 3.8) is 0 Å². The number of pyridine rings is 1. The van der Waals surface area contributed by atoms with E-state index in [1.165, 1.54) is 6.20 Å². The number of azide groups is 1. The van der Waals surface area contributed by atoms with Gasteiger partial charge in [-0.25, -0.2) is 8.42 Å². The van der Waals surface area contributed by atoms with E-state index in [-0.39, 0.29) is 10.5 Å². The molecule has 0 aliphatic heterocycles. The molecule has 0 N–H and O–H groups in total. The average molecular weight is 209 g/mol. The maximum Gasteiger partial charge on any atom is 0.265 e. The highest BCUT2D eigenvalue weighted by Gasteiger charge is 2.12. The average Bonchev–Trinajstić information content (AvgIpc) is 2.18. The number of hydrogen-bond acceptors (Lipinski definition) is 4. The summed E-state index contributed by atoms with van der Waals surface area (Å²) in [7, 11) is -4.05. The Labute approximate surface area is 79.3 Å². The summed E-state index contributed by atoms with van der Waals surface area (Å²) in [6, 6.07) is 2.80. The lowest BCUT2D eigenvalue weighted by Crippen LogP contribution is -1.96. The molecule has 0 aliphatic carbocycles. The molecule has 0 aromatic carbocycles. The van der Waals surface area contributed by atoms with Gasteiger partial charge < -0.3 is 0 Å². The van der Waals surface area contributed by atoms with Crippen molar-refractivity contribution < 1.29 is 8.42 Å². The first-order valence-corrected chi connectivity index (χ1v) is 4.70. The van der Waals surface area contributed by atoms with Gasteiger partial charge in [-0.1, -0.05) is 0 Å². The van der Waals surface area contributed by atoms with Crippen LogP contribution in [0.2, 0.25) is 0 Å². The van der Waals surface area contributed by atoms with Crippen LogP contribution >= 0.6 is 0 Å². The highest BCUT2D eigenvalue weighted by molar-refractivity contribution is 7.90. The van der Waals surface area contributed by atoms with Crippen molar-refractivity contribution >= 4 is 10.0 Å². The van der Waals surface area contributed by atoms with E-state index in [1.807, 2.05) is 0 Å². The summed E-state index contributed by atoms with van der Waals surface area (Å²) in [4.78, 5) is 5.39. The zero-order valence-corrected chi connectivity index (χ0v) is 7.51. The van der Waals surface area contributed by atoms with Crippen LogP contribution in [0.5, 0.6) is 0 Å². The number of hydrogen-bond donors (Lipinski definition) is 0. The second kappa shape index (κ2) is 3.74. The fourth-order valence-electron chi connectivity index (χ4n) is 0.716. The van der Waals surface area contributed by atoms with Gasteiger partial charge in [-0.05, 0) is 11.6 Å². The lowest BCUT2D eigenvalue weighted by atomic mass is 10.3. The molecule has 0 saturated carbocycles. The smallest absolute Gasteiger partial charge is 0.262 e. The Balaban J connectivity index is 3.35. The molecule has 0 aliphatic rings. The predicted octanol–water partition coefficient (Wildman–Crippen LogP) is 0.952. The first-order valence-electron chi connectivity index (χ1n) is 3.26. The molecule has 1 heterocycles.